The summed E-state index contributed by atoms with van der Waals surface area (Å²) < 4.78 is 6.95. The Balaban J connectivity index is 1.26. The molecule has 2 fully saturated rings. The molecule has 2 heterocycles. The molecule has 5 rings (SSSR count). The van der Waals surface area contributed by atoms with Crippen LogP contribution in [0.15, 0.2) is 36.5 Å². The van der Waals surface area contributed by atoms with Gasteiger partial charge in [0.25, 0.3) is 5.91 Å². The number of amides is 1. The third-order valence-electron chi connectivity index (χ3n) is 6.54. The molecule has 0 radical (unpaired) electrons. The van der Waals surface area contributed by atoms with Crippen molar-refractivity contribution in [3.8, 4) is 11.5 Å². The Hall–Kier alpha value is -2.71. The zero-order chi connectivity index (χ0) is 21.4. The molecule has 8 heteroatoms. The molecule has 1 unspecified atom stereocenters. The molecular formula is C23H26N4O3S. The van der Waals surface area contributed by atoms with E-state index in [1.54, 1.807) is 36.7 Å². The van der Waals surface area contributed by atoms with E-state index in [0.717, 1.165) is 33.7 Å². The summed E-state index contributed by atoms with van der Waals surface area (Å²) >= 11 is 1.58. The van der Waals surface area contributed by atoms with Crippen molar-refractivity contribution in [1.29, 1.82) is 0 Å². The monoisotopic (exact) mass is 438 g/mol. The van der Waals surface area contributed by atoms with E-state index in [0.29, 0.717) is 29.0 Å². The van der Waals surface area contributed by atoms with Crippen LogP contribution in [0.4, 0.5) is 5.13 Å². The Morgan fingerprint density at radius 3 is 2.90 bits per heavy atom. The van der Waals surface area contributed by atoms with Gasteiger partial charge in [0.1, 0.15) is 17.2 Å². The average molecular weight is 439 g/mol. The molecule has 31 heavy (non-hydrogen) atoms. The Bertz CT molecular complexity index is 1100. The minimum absolute atomic E-state index is 0.230. The summed E-state index contributed by atoms with van der Waals surface area (Å²) in [7, 11) is 1.57. The van der Waals surface area contributed by atoms with Gasteiger partial charge in [-0.1, -0.05) is 11.3 Å². The molecule has 0 saturated heterocycles. The molecule has 2 saturated carbocycles. The maximum Gasteiger partial charge on any atom is 0.269 e. The largest absolute Gasteiger partial charge is 0.457 e. The van der Waals surface area contributed by atoms with Crippen molar-refractivity contribution in [2.24, 2.45) is 23.7 Å². The van der Waals surface area contributed by atoms with Crippen LogP contribution in [-0.4, -0.2) is 41.2 Å². The van der Waals surface area contributed by atoms with Crippen LogP contribution in [0.5, 0.6) is 11.5 Å². The van der Waals surface area contributed by atoms with Crippen molar-refractivity contribution in [2.45, 2.75) is 19.3 Å². The van der Waals surface area contributed by atoms with Gasteiger partial charge in [0.15, 0.2) is 5.13 Å². The summed E-state index contributed by atoms with van der Waals surface area (Å²) in [6.45, 7) is 0.987. The van der Waals surface area contributed by atoms with Crippen LogP contribution in [0.1, 0.15) is 29.8 Å². The van der Waals surface area contributed by atoms with Crippen molar-refractivity contribution in [2.75, 3.05) is 25.5 Å². The summed E-state index contributed by atoms with van der Waals surface area (Å²) in [5, 5.41) is 16.8. The maximum absolute atomic E-state index is 11.8. The van der Waals surface area contributed by atoms with Crippen LogP contribution >= 0.6 is 11.3 Å². The summed E-state index contributed by atoms with van der Waals surface area (Å²) in [6.07, 6.45) is 5.49. The topological polar surface area (TPSA) is 96.4 Å². The smallest absolute Gasteiger partial charge is 0.269 e. The Morgan fingerprint density at radius 1 is 1.29 bits per heavy atom. The lowest BCUT2D eigenvalue weighted by Gasteiger charge is -2.23. The van der Waals surface area contributed by atoms with E-state index in [2.05, 4.69) is 20.6 Å². The van der Waals surface area contributed by atoms with Gasteiger partial charge >= 0.3 is 0 Å². The Morgan fingerprint density at radius 2 is 2.16 bits per heavy atom. The highest BCUT2D eigenvalue weighted by Gasteiger charge is 2.50. The van der Waals surface area contributed by atoms with Gasteiger partial charge in [0.2, 0.25) is 0 Å². The molecule has 7 nitrogen and oxygen atoms in total. The predicted molar refractivity (Wildman–Crippen MR) is 121 cm³/mol. The van der Waals surface area contributed by atoms with E-state index in [-0.39, 0.29) is 12.5 Å². The summed E-state index contributed by atoms with van der Waals surface area (Å²) in [4.78, 5) is 20.5. The number of fused-ring (bicyclic) bond motifs is 2. The maximum atomic E-state index is 11.8. The first kappa shape index (κ1) is 20.2. The van der Waals surface area contributed by atoms with Crippen molar-refractivity contribution < 1.29 is 14.6 Å². The zero-order valence-electron chi connectivity index (χ0n) is 17.4. The summed E-state index contributed by atoms with van der Waals surface area (Å²) in [5.74, 6) is 3.68. The number of rotatable bonds is 8. The first-order valence-corrected chi connectivity index (χ1v) is 11.6. The molecule has 0 aliphatic heterocycles. The van der Waals surface area contributed by atoms with Gasteiger partial charge in [-0.2, -0.15) is 0 Å². The SMILES string of the molecule is CNC(=O)c1cc(Oc2ccc3nc(NC[C@H](CO)[C@@H]4CC[C@H]5CC54)sc3c2)ccn1. The van der Waals surface area contributed by atoms with Crippen LogP contribution in [0.2, 0.25) is 0 Å². The number of ether oxygens (including phenoxy) is 1. The molecular weight excluding hydrogens is 412 g/mol. The highest BCUT2D eigenvalue weighted by Crippen LogP contribution is 2.57. The number of benzene rings is 1. The zero-order valence-corrected chi connectivity index (χ0v) is 18.2. The number of aliphatic hydroxyl groups excluding tert-OH is 1. The van der Waals surface area contributed by atoms with E-state index >= 15 is 0 Å². The fourth-order valence-electron chi connectivity index (χ4n) is 4.81. The lowest BCUT2D eigenvalue weighted by Crippen LogP contribution is -2.26. The van der Waals surface area contributed by atoms with Gasteiger partial charge in [0, 0.05) is 44.4 Å². The highest BCUT2D eigenvalue weighted by atomic mass is 32.1. The van der Waals surface area contributed by atoms with Crippen LogP contribution in [0.25, 0.3) is 10.2 Å². The number of thiazole rings is 1. The quantitative estimate of drug-likeness (QED) is 0.493. The number of aromatic nitrogens is 2. The lowest BCUT2D eigenvalue weighted by atomic mass is 9.88. The minimum atomic E-state index is -0.255. The van der Waals surface area contributed by atoms with Gasteiger partial charge in [0.05, 0.1) is 10.2 Å². The molecule has 162 valence electrons. The second-order valence-corrected chi connectivity index (χ2v) is 9.46. The summed E-state index contributed by atoms with van der Waals surface area (Å²) in [5.41, 5.74) is 1.22. The van der Waals surface area contributed by atoms with Crippen LogP contribution in [0, 0.1) is 23.7 Å². The van der Waals surface area contributed by atoms with Gasteiger partial charge < -0.3 is 20.5 Å². The number of carbonyl (C=O) groups is 1. The number of carbonyl (C=O) groups excluding carboxylic acids is 1. The molecule has 1 aromatic carbocycles. The normalized spacial score (nSPS) is 22.7. The van der Waals surface area contributed by atoms with Gasteiger partial charge in [-0.25, -0.2) is 4.98 Å². The number of anilines is 1. The molecule has 3 aromatic rings. The Labute approximate surface area is 184 Å². The van der Waals surface area contributed by atoms with Crippen LogP contribution in [-0.2, 0) is 0 Å². The molecule has 0 spiro atoms. The van der Waals surface area contributed by atoms with E-state index in [1.165, 1.54) is 19.3 Å². The molecule has 2 aliphatic carbocycles. The first-order valence-electron chi connectivity index (χ1n) is 10.8. The average Bonchev–Trinajstić information content (AvgIpc) is 3.26. The molecule has 3 N–H and O–H groups in total. The van der Waals surface area contributed by atoms with Crippen molar-refractivity contribution in [3.05, 3.63) is 42.2 Å². The highest BCUT2D eigenvalue weighted by molar-refractivity contribution is 7.22. The number of aliphatic hydroxyl groups is 1. The second-order valence-electron chi connectivity index (χ2n) is 8.43. The standard InChI is InChI=1S/C23H26N4O3S/c1-24-22(29)20-9-16(6-7-25-20)30-15-3-5-19-21(10-15)31-23(27-19)26-11-14(12-28)17-4-2-13-8-18(13)17/h3,5-7,9-10,13-14,17-18,28H,2,4,8,11-12H2,1H3,(H,24,29)(H,26,27)/t13-,14+,17-,18?/m0/s1. The number of nitrogens with one attached hydrogen (secondary N) is 2. The fraction of sp³-hybridized carbons (Fsp3) is 0.435. The number of nitrogens with zero attached hydrogens (tertiary/aromatic N) is 2. The van der Waals surface area contributed by atoms with Crippen molar-refractivity contribution >= 4 is 32.6 Å². The van der Waals surface area contributed by atoms with E-state index in [9.17, 15) is 9.90 Å². The fourth-order valence-corrected chi connectivity index (χ4v) is 5.71. The van der Waals surface area contributed by atoms with Crippen molar-refractivity contribution in [3.63, 3.8) is 0 Å². The Kier molecular flexibility index (Phi) is 5.50. The van der Waals surface area contributed by atoms with Gasteiger partial charge in [-0.05, 0) is 55.2 Å². The van der Waals surface area contributed by atoms with Crippen LogP contribution < -0.4 is 15.4 Å². The van der Waals surface area contributed by atoms with Gasteiger partial charge in [-0.3, -0.25) is 9.78 Å². The van der Waals surface area contributed by atoms with E-state index in [1.807, 2.05) is 18.2 Å². The lowest BCUT2D eigenvalue weighted by molar-refractivity contribution is 0.0958. The minimum Gasteiger partial charge on any atom is -0.457 e. The van der Waals surface area contributed by atoms with Crippen LogP contribution in [0.3, 0.4) is 0 Å². The van der Waals surface area contributed by atoms with Gasteiger partial charge in [-0.15, -0.1) is 0 Å². The molecule has 4 atom stereocenters. The number of hydrogen-bond acceptors (Lipinski definition) is 7. The predicted octanol–water partition coefficient (Wildman–Crippen LogP) is 3.91. The number of hydrogen-bond donors (Lipinski definition) is 3. The van der Waals surface area contributed by atoms with E-state index < -0.39 is 0 Å². The molecule has 2 aromatic heterocycles. The van der Waals surface area contributed by atoms with E-state index in [4.69, 9.17) is 4.74 Å². The first-order chi connectivity index (χ1) is 15.1. The summed E-state index contributed by atoms with van der Waals surface area (Å²) in [6, 6.07) is 9.09. The third-order valence-corrected chi connectivity index (χ3v) is 7.52. The molecule has 2 aliphatic rings. The van der Waals surface area contributed by atoms with Crippen molar-refractivity contribution in [1.82, 2.24) is 15.3 Å². The number of pyridine rings is 1. The molecule has 0 bridgehead atoms. The third kappa shape index (κ3) is 4.22. The second kappa shape index (κ2) is 8.43. The molecule has 1 amide bonds.